The topological polar surface area (TPSA) is 29.3 Å². The molecule has 1 aromatic rings. The Morgan fingerprint density at radius 2 is 1.73 bits per heavy atom. The van der Waals surface area contributed by atoms with E-state index in [1.54, 1.807) is 37.2 Å². The minimum atomic E-state index is -4.41. The minimum Gasteiger partial charge on any atom is -0.377 e. The number of para-hydroxylation sites is 1. The summed E-state index contributed by atoms with van der Waals surface area (Å²) in [6.45, 7) is 0. The first-order valence-corrected chi connectivity index (χ1v) is 4.42. The number of nitrogens with zero attached hydrogens (tertiary/aromatic N) is 1. The molecule has 0 unspecified atom stereocenters. The summed E-state index contributed by atoms with van der Waals surface area (Å²) in [5.41, 5.74) is 5.74. The SMILES string of the molecule is CN(C)c1ccccc1[C@H](N)C(F)(F)F. The first-order chi connectivity index (χ1) is 6.84. The van der Waals surface area contributed by atoms with E-state index in [9.17, 15) is 13.2 Å². The Kier molecular flexibility index (Phi) is 3.24. The van der Waals surface area contributed by atoms with Crippen LogP contribution in [-0.4, -0.2) is 20.3 Å². The van der Waals surface area contributed by atoms with Crippen LogP contribution in [0, 0.1) is 0 Å². The molecule has 0 amide bonds. The summed E-state index contributed by atoms with van der Waals surface area (Å²) in [7, 11) is 3.36. The smallest absolute Gasteiger partial charge is 0.377 e. The van der Waals surface area contributed by atoms with Gasteiger partial charge in [-0.25, -0.2) is 0 Å². The van der Waals surface area contributed by atoms with Crippen LogP contribution in [0.2, 0.25) is 0 Å². The van der Waals surface area contributed by atoms with E-state index < -0.39 is 12.2 Å². The van der Waals surface area contributed by atoms with Crippen molar-refractivity contribution in [3.8, 4) is 0 Å². The van der Waals surface area contributed by atoms with E-state index >= 15 is 0 Å². The normalized spacial score (nSPS) is 13.7. The van der Waals surface area contributed by atoms with Crippen LogP contribution in [0.15, 0.2) is 24.3 Å². The molecule has 0 spiro atoms. The molecule has 2 N–H and O–H groups in total. The van der Waals surface area contributed by atoms with Crippen molar-refractivity contribution in [2.75, 3.05) is 19.0 Å². The van der Waals surface area contributed by atoms with Crippen LogP contribution in [0.25, 0.3) is 0 Å². The van der Waals surface area contributed by atoms with Gasteiger partial charge < -0.3 is 10.6 Å². The zero-order chi connectivity index (χ0) is 11.6. The second-order valence-corrected chi connectivity index (χ2v) is 3.47. The molecule has 1 aromatic carbocycles. The van der Waals surface area contributed by atoms with Crippen LogP contribution in [-0.2, 0) is 0 Å². The Morgan fingerprint density at radius 3 is 2.20 bits per heavy atom. The van der Waals surface area contributed by atoms with Crippen molar-refractivity contribution in [2.45, 2.75) is 12.2 Å². The molecule has 84 valence electrons. The van der Waals surface area contributed by atoms with E-state index in [2.05, 4.69) is 0 Å². The van der Waals surface area contributed by atoms with Crippen LogP contribution >= 0.6 is 0 Å². The molecule has 0 saturated carbocycles. The van der Waals surface area contributed by atoms with Crippen molar-refractivity contribution in [1.82, 2.24) is 0 Å². The Hall–Kier alpha value is -1.23. The fourth-order valence-electron chi connectivity index (χ4n) is 1.33. The van der Waals surface area contributed by atoms with Crippen molar-refractivity contribution in [1.29, 1.82) is 0 Å². The molecule has 0 aliphatic heterocycles. The summed E-state index contributed by atoms with van der Waals surface area (Å²) in [5, 5.41) is 0. The van der Waals surface area contributed by atoms with Crippen LogP contribution in [0.4, 0.5) is 18.9 Å². The lowest BCUT2D eigenvalue weighted by Crippen LogP contribution is -2.30. The average molecular weight is 218 g/mol. The van der Waals surface area contributed by atoms with Gasteiger partial charge in [-0.15, -0.1) is 0 Å². The third-order valence-corrected chi connectivity index (χ3v) is 2.11. The lowest BCUT2D eigenvalue weighted by molar-refractivity contribution is -0.149. The summed E-state index contributed by atoms with van der Waals surface area (Å²) in [5.74, 6) is 0. The monoisotopic (exact) mass is 218 g/mol. The molecule has 0 saturated heterocycles. The maximum absolute atomic E-state index is 12.4. The van der Waals surface area contributed by atoms with Gasteiger partial charge in [0.2, 0.25) is 0 Å². The molecule has 1 rings (SSSR count). The van der Waals surface area contributed by atoms with Gasteiger partial charge in [-0.05, 0) is 6.07 Å². The molecule has 2 nitrogen and oxygen atoms in total. The Balaban J connectivity index is 3.14. The molecule has 0 aromatic heterocycles. The molecule has 0 bridgehead atoms. The summed E-state index contributed by atoms with van der Waals surface area (Å²) in [6, 6.07) is 4.31. The first kappa shape index (κ1) is 11.8. The third-order valence-electron chi connectivity index (χ3n) is 2.11. The van der Waals surface area contributed by atoms with Gasteiger partial charge in [0.15, 0.2) is 0 Å². The number of halogens is 3. The van der Waals surface area contributed by atoms with Gasteiger partial charge in [0.25, 0.3) is 0 Å². The summed E-state index contributed by atoms with van der Waals surface area (Å²) < 4.78 is 37.3. The van der Waals surface area contributed by atoms with Crippen molar-refractivity contribution in [3.63, 3.8) is 0 Å². The van der Waals surface area contributed by atoms with E-state index in [0.29, 0.717) is 5.69 Å². The third kappa shape index (κ3) is 2.62. The van der Waals surface area contributed by atoms with E-state index in [-0.39, 0.29) is 5.56 Å². The highest BCUT2D eigenvalue weighted by Gasteiger charge is 2.39. The lowest BCUT2D eigenvalue weighted by Gasteiger charge is -2.22. The van der Waals surface area contributed by atoms with Crippen molar-refractivity contribution in [2.24, 2.45) is 5.73 Å². The number of nitrogens with two attached hydrogens (primary N) is 1. The molecule has 0 aliphatic carbocycles. The Morgan fingerprint density at radius 1 is 1.20 bits per heavy atom. The molecular weight excluding hydrogens is 205 g/mol. The number of benzene rings is 1. The second-order valence-electron chi connectivity index (χ2n) is 3.47. The zero-order valence-corrected chi connectivity index (χ0v) is 8.55. The standard InChI is InChI=1S/C10H13F3N2/c1-15(2)8-6-4-3-5-7(8)9(14)10(11,12)13/h3-6,9H,14H2,1-2H3/t9-/m0/s1. The Labute approximate surface area is 86.5 Å². The molecule has 0 radical (unpaired) electrons. The number of anilines is 1. The van der Waals surface area contributed by atoms with Gasteiger partial charge in [-0.2, -0.15) is 13.2 Å². The largest absolute Gasteiger partial charge is 0.407 e. The zero-order valence-electron chi connectivity index (χ0n) is 8.55. The molecule has 5 heteroatoms. The summed E-state index contributed by atoms with van der Waals surface area (Å²) in [4.78, 5) is 1.61. The van der Waals surface area contributed by atoms with Gasteiger partial charge in [-0.1, -0.05) is 18.2 Å². The molecule has 0 fully saturated rings. The number of rotatable bonds is 2. The van der Waals surface area contributed by atoms with Gasteiger partial charge in [0.1, 0.15) is 6.04 Å². The average Bonchev–Trinajstić information content (AvgIpc) is 2.15. The predicted molar refractivity (Wildman–Crippen MR) is 53.8 cm³/mol. The molecule has 15 heavy (non-hydrogen) atoms. The highest BCUT2D eigenvalue weighted by atomic mass is 19.4. The van der Waals surface area contributed by atoms with E-state index in [4.69, 9.17) is 5.73 Å². The van der Waals surface area contributed by atoms with Gasteiger partial charge in [0.05, 0.1) is 0 Å². The lowest BCUT2D eigenvalue weighted by atomic mass is 10.0. The van der Waals surface area contributed by atoms with Gasteiger partial charge in [0, 0.05) is 25.3 Å². The maximum atomic E-state index is 12.4. The fraction of sp³-hybridized carbons (Fsp3) is 0.400. The fourth-order valence-corrected chi connectivity index (χ4v) is 1.33. The number of alkyl halides is 3. The van der Waals surface area contributed by atoms with E-state index in [0.717, 1.165) is 0 Å². The van der Waals surface area contributed by atoms with Crippen LogP contribution < -0.4 is 10.6 Å². The first-order valence-electron chi connectivity index (χ1n) is 4.42. The molecule has 0 heterocycles. The highest BCUT2D eigenvalue weighted by molar-refractivity contribution is 5.54. The van der Waals surface area contributed by atoms with Crippen LogP contribution in [0.5, 0.6) is 0 Å². The van der Waals surface area contributed by atoms with Crippen LogP contribution in [0.3, 0.4) is 0 Å². The van der Waals surface area contributed by atoms with E-state index in [1.807, 2.05) is 0 Å². The van der Waals surface area contributed by atoms with E-state index in [1.165, 1.54) is 6.07 Å². The molecule has 0 aliphatic rings. The quantitative estimate of drug-likeness (QED) is 0.825. The summed E-state index contributed by atoms with van der Waals surface area (Å²) >= 11 is 0. The maximum Gasteiger partial charge on any atom is 0.407 e. The number of hydrogen-bond donors (Lipinski definition) is 1. The predicted octanol–water partition coefficient (Wildman–Crippen LogP) is 2.31. The molecular formula is C10H13F3N2. The minimum absolute atomic E-state index is 0.0926. The van der Waals surface area contributed by atoms with Crippen molar-refractivity contribution in [3.05, 3.63) is 29.8 Å². The van der Waals surface area contributed by atoms with Gasteiger partial charge >= 0.3 is 6.18 Å². The van der Waals surface area contributed by atoms with Crippen LogP contribution in [0.1, 0.15) is 11.6 Å². The van der Waals surface area contributed by atoms with Gasteiger partial charge in [-0.3, -0.25) is 0 Å². The number of hydrogen-bond acceptors (Lipinski definition) is 2. The summed E-state index contributed by atoms with van der Waals surface area (Å²) in [6.07, 6.45) is -4.41. The van der Waals surface area contributed by atoms with Crippen molar-refractivity contribution >= 4 is 5.69 Å². The Bertz CT molecular complexity index is 334. The van der Waals surface area contributed by atoms with Crippen molar-refractivity contribution < 1.29 is 13.2 Å². The molecule has 1 atom stereocenters. The second kappa shape index (κ2) is 4.10. The highest BCUT2D eigenvalue weighted by Crippen LogP contribution is 2.34.